The van der Waals surface area contributed by atoms with Gasteiger partial charge < -0.3 is 19.7 Å². The smallest absolute Gasteiger partial charge is 0.229 e. The summed E-state index contributed by atoms with van der Waals surface area (Å²) in [5.74, 6) is 1.99. The molecule has 5 rings (SSSR count). The van der Waals surface area contributed by atoms with Crippen molar-refractivity contribution in [2.75, 3.05) is 43.6 Å². The van der Waals surface area contributed by atoms with Crippen molar-refractivity contribution in [2.45, 2.75) is 0 Å². The molecule has 1 saturated heterocycles. The molecule has 0 spiro atoms. The summed E-state index contributed by atoms with van der Waals surface area (Å²) in [6.45, 7) is 2.73. The quantitative estimate of drug-likeness (QED) is 0.466. The zero-order chi connectivity index (χ0) is 21.8. The Bertz CT molecular complexity index is 1240. The summed E-state index contributed by atoms with van der Waals surface area (Å²) in [6, 6.07) is 11.4. The highest BCUT2D eigenvalue weighted by Crippen LogP contribution is 2.26. The van der Waals surface area contributed by atoms with Gasteiger partial charge in [0.2, 0.25) is 5.95 Å². The van der Waals surface area contributed by atoms with Crippen LogP contribution in [0.15, 0.2) is 60.2 Å². The molecule has 1 aliphatic rings. The number of ether oxygens (including phenoxy) is 2. The Morgan fingerprint density at radius 3 is 2.78 bits per heavy atom. The maximum atomic E-state index is 5.48. The number of anilines is 3. The Labute approximate surface area is 184 Å². The molecule has 0 amide bonds. The SMILES string of the molecule is COc1cccc(C=Nn2cnc3c(Nc4ccncc4)nc(N4CCOCC4)nc32)c1. The number of imidazole rings is 1. The van der Waals surface area contributed by atoms with Crippen molar-refractivity contribution >= 4 is 34.8 Å². The predicted octanol–water partition coefficient (Wildman–Crippen LogP) is 2.69. The monoisotopic (exact) mass is 430 g/mol. The van der Waals surface area contributed by atoms with E-state index >= 15 is 0 Å². The molecule has 0 radical (unpaired) electrons. The molecule has 162 valence electrons. The van der Waals surface area contributed by atoms with Crippen LogP contribution in [0, 0.1) is 0 Å². The van der Waals surface area contributed by atoms with Crippen molar-refractivity contribution in [3.05, 3.63) is 60.7 Å². The van der Waals surface area contributed by atoms with Crippen LogP contribution in [0.2, 0.25) is 0 Å². The number of nitrogens with one attached hydrogen (secondary N) is 1. The van der Waals surface area contributed by atoms with Crippen LogP contribution < -0.4 is 15.0 Å². The van der Waals surface area contributed by atoms with Crippen LogP contribution >= 0.6 is 0 Å². The number of pyridine rings is 1. The second-order valence-electron chi connectivity index (χ2n) is 7.12. The number of aromatic nitrogens is 5. The molecule has 0 atom stereocenters. The van der Waals surface area contributed by atoms with Crippen molar-refractivity contribution < 1.29 is 9.47 Å². The highest BCUT2D eigenvalue weighted by molar-refractivity contribution is 5.87. The third kappa shape index (κ3) is 4.21. The lowest BCUT2D eigenvalue weighted by Crippen LogP contribution is -2.37. The summed E-state index contributed by atoms with van der Waals surface area (Å²) in [6.07, 6.45) is 6.83. The molecule has 0 unspecified atom stereocenters. The highest BCUT2D eigenvalue weighted by Gasteiger charge is 2.19. The van der Waals surface area contributed by atoms with E-state index in [1.54, 1.807) is 36.7 Å². The van der Waals surface area contributed by atoms with E-state index in [9.17, 15) is 0 Å². The maximum absolute atomic E-state index is 5.48. The molecule has 3 aromatic heterocycles. The molecular weight excluding hydrogens is 408 g/mol. The molecule has 1 fully saturated rings. The molecule has 4 aromatic rings. The second kappa shape index (κ2) is 8.98. The molecule has 4 heterocycles. The van der Waals surface area contributed by atoms with Crippen LogP contribution in [0.1, 0.15) is 5.56 Å². The third-order valence-electron chi connectivity index (χ3n) is 5.03. The van der Waals surface area contributed by atoms with Crippen LogP contribution in [-0.4, -0.2) is 64.2 Å². The van der Waals surface area contributed by atoms with Gasteiger partial charge in [0.25, 0.3) is 0 Å². The summed E-state index contributed by atoms with van der Waals surface area (Å²) in [4.78, 5) is 20.2. The Morgan fingerprint density at radius 2 is 1.97 bits per heavy atom. The molecule has 1 aromatic carbocycles. The maximum Gasteiger partial charge on any atom is 0.229 e. The fourth-order valence-corrected chi connectivity index (χ4v) is 3.38. The van der Waals surface area contributed by atoms with E-state index in [0.717, 1.165) is 30.1 Å². The summed E-state index contributed by atoms with van der Waals surface area (Å²) in [5, 5.41) is 7.91. The summed E-state index contributed by atoms with van der Waals surface area (Å²) in [5.41, 5.74) is 3.00. The number of rotatable bonds is 6. The van der Waals surface area contributed by atoms with E-state index in [-0.39, 0.29) is 0 Å². The van der Waals surface area contributed by atoms with Gasteiger partial charge in [-0.1, -0.05) is 12.1 Å². The molecular formula is C22H22N8O2. The first kappa shape index (κ1) is 19.9. The largest absolute Gasteiger partial charge is 0.497 e. The zero-order valence-corrected chi connectivity index (χ0v) is 17.5. The first-order chi connectivity index (χ1) is 15.8. The normalized spacial score (nSPS) is 14.2. The Morgan fingerprint density at radius 1 is 1.12 bits per heavy atom. The average Bonchev–Trinajstić information content (AvgIpc) is 3.27. The van der Waals surface area contributed by atoms with Gasteiger partial charge in [-0.25, -0.2) is 9.66 Å². The summed E-state index contributed by atoms with van der Waals surface area (Å²) in [7, 11) is 1.64. The minimum atomic E-state index is 0.607. The van der Waals surface area contributed by atoms with Gasteiger partial charge in [-0.15, -0.1) is 0 Å². The zero-order valence-electron chi connectivity index (χ0n) is 17.5. The van der Waals surface area contributed by atoms with Crippen molar-refractivity contribution in [1.82, 2.24) is 24.6 Å². The number of benzene rings is 1. The van der Waals surface area contributed by atoms with Crippen LogP contribution in [0.25, 0.3) is 11.2 Å². The van der Waals surface area contributed by atoms with Gasteiger partial charge in [0.1, 0.15) is 12.1 Å². The second-order valence-corrected chi connectivity index (χ2v) is 7.12. The Balaban J connectivity index is 1.55. The van der Waals surface area contributed by atoms with Crippen LogP contribution in [0.4, 0.5) is 17.5 Å². The molecule has 10 heteroatoms. The van der Waals surface area contributed by atoms with Gasteiger partial charge in [0.15, 0.2) is 17.0 Å². The highest BCUT2D eigenvalue weighted by atomic mass is 16.5. The molecule has 0 aliphatic carbocycles. The molecule has 10 nitrogen and oxygen atoms in total. The molecule has 1 aliphatic heterocycles. The standard InChI is InChI=1S/C22H22N8O2/c1-31-18-4-2-3-16(13-18)14-25-30-15-24-19-20(26-17-5-7-23-8-6-17)27-22(28-21(19)30)29-9-11-32-12-10-29/h2-8,13-15H,9-12H2,1H3,(H,23,26,27,28). The summed E-state index contributed by atoms with van der Waals surface area (Å²) < 4.78 is 12.4. The number of methoxy groups -OCH3 is 1. The molecule has 32 heavy (non-hydrogen) atoms. The van der Waals surface area contributed by atoms with E-state index in [1.807, 2.05) is 36.4 Å². The molecule has 1 N–H and O–H groups in total. The number of hydrogen-bond donors (Lipinski definition) is 1. The van der Waals surface area contributed by atoms with E-state index in [4.69, 9.17) is 19.4 Å². The van der Waals surface area contributed by atoms with Crippen molar-refractivity contribution in [3.8, 4) is 5.75 Å². The van der Waals surface area contributed by atoms with Crippen molar-refractivity contribution in [1.29, 1.82) is 0 Å². The van der Waals surface area contributed by atoms with E-state index < -0.39 is 0 Å². The lowest BCUT2D eigenvalue weighted by molar-refractivity contribution is 0.122. The van der Waals surface area contributed by atoms with Gasteiger partial charge >= 0.3 is 0 Å². The number of nitrogens with zero attached hydrogens (tertiary/aromatic N) is 7. The van der Waals surface area contributed by atoms with Crippen molar-refractivity contribution in [2.24, 2.45) is 5.10 Å². The lowest BCUT2D eigenvalue weighted by Gasteiger charge is -2.27. The van der Waals surface area contributed by atoms with Gasteiger partial charge in [-0.05, 0) is 29.8 Å². The number of fused-ring (bicyclic) bond motifs is 1. The van der Waals surface area contributed by atoms with E-state index in [1.165, 1.54) is 0 Å². The van der Waals surface area contributed by atoms with Gasteiger partial charge in [-0.3, -0.25) is 4.98 Å². The summed E-state index contributed by atoms with van der Waals surface area (Å²) >= 11 is 0. The first-order valence-corrected chi connectivity index (χ1v) is 10.2. The van der Waals surface area contributed by atoms with Gasteiger partial charge in [0, 0.05) is 31.2 Å². The predicted molar refractivity (Wildman–Crippen MR) is 122 cm³/mol. The molecule has 0 saturated carbocycles. The van der Waals surface area contributed by atoms with E-state index in [2.05, 4.69) is 25.3 Å². The Hall–Kier alpha value is -4.05. The fraction of sp³-hybridized carbons (Fsp3) is 0.227. The van der Waals surface area contributed by atoms with E-state index in [0.29, 0.717) is 36.1 Å². The number of morpholine rings is 1. The van der Waals surface area contributed by atoms with Crippen LogP contribution in [0.5, 0.6) is 5.75 Å². The first-order valence-electron chi connectivity index (χ1n) is 10.2. The lowest BCUT2D eigenvalue weighted by atomic mass is 10.2. The Kier molecular flexibility index (Phi) is 5.58. The minimum Gasteiger partial charge on any atom is -0.497 e. The van der Waals surface area contributed by atoms with Gasteiger partial charge in [0.05, 0.1) is 26.5 Å². The van der Waals surface area contributed by atoms with Crippen LogP contribution in [-0.2, 0) is 4.74 Å². The fourth-order valence-electron chi connectivity index (χ4n) is 3.38. The van der Waals surface area contributed by atoms with Crippen molar-refractivity contribution in [3.63, 3.8) is 0 Å². The minimum absolute atomic E-state index is 0.607. The topological polar surface area (TPSA) is 103 Å². The molecule has 0 bridgehead atoms. The van der Waals surface area contributed by atoms with Crippen LogP contribution in [0.3, 0.4) is 0 Å². The van der Waals surface area contributed by atoms with Gasteiger partial charge in [-0.2, -0.15) is 15.1 Å². The number of hydrogen-bond acceptors (Lipinski definition) is 9. The third-order valence-corrected chi connectivity index (χ3v) is 5.03. The average molecular weight is 430 g/mol.